The average Bonchev–Trinajstić information content (AvgIpc) is 2.25. The lowest BCUT2D eigenvalue weighted by molar-refractivity contribution is 0.196. The summed E-state index contributed by atoms with van der Waals surface area (Å²) < 4.78 is 7.09. The Bertz CT molecular complexity index is 320. The van der Waals surface area contributed by atoms with Gasteiger partial charge in [-0.05, 0) is 25.8 Å². The highest BCUT2D eigenvalue weighted by Gasteiger charge is 2.27. The topological polar surface area (TPSA) is 94.5 Å². The quantitative estimate of drug-likeness (QED) is 0.416. The van der Waals surface area contributed by atoms with E-state index in [1.807, 2.05) is 13.8 Å². The highest BCUT2D eigenvalue weighted by atomic mass is 32.2. The van der Waals surface area contributed by atoms with Gasteiger partial charge in [0, 0.05) is 11.3 Å². The van der Waals surface area contributed by atoms with E-state index in [2.05, 4.69) is 14.8 Å². The summed E-state index contributed by atoms with van der Waals surface area (Å²) in [6.45, 7) is 7.30. The van der Waals surface area contributed by atoms with Crippen LogP contribution in [-0.4, -0.2) is 41.4 Å². The molecule has 0 radical (unpaired) electrons. The van der Waals surface area contributed by atoms with E-state index in [1.54, 1.807) is 13.8 Å². The molecule has 104 valence electrons. The lowest BCUT2D eigenvalue weighted by atomic mass is 10.4. The normalized spacial score (nSPS) is 10.2. The minimum Gasteiger partial charge on any atom is -0.468 e. The summed E-state index contributed by atoms with van der Waals surface area (Å²) in [5.41, 5.74) is 0. The van der Waals surface area contributed by atoms with Gasteiger partial charge in [0.15, 0.2) is 0 Å². The molecule has 0 atom stereocenters. The Morgan fingerprint density at radius 1 is 1.22 bits per heavy atom. The largest absolute Gasteiger partial charge is 0.468 e. The maximum absolute atomic E-state index is 11.8. The van der Waals surface area contributed by atoms with Crippen LogP contribution in [0.25, 0.3) is 0 Å². The molecule has 0 saturated carbocycles. The number of nitrogens with zero attached hydrogens (tertiary/aromatic N) is 1. The maximum atomic E-state index is 11.8. The second-order valence-corrected chi connectivity index (χ2v) is 5.41. The molecule has 0 aliphatic heterocycles. The second kappa shape index (κ2) is 7.80. The molecule has 0 aromatic heterocycles. The van der Waals surface area contributed by atoms with E-state index in [1.165, 1.54) is 7.11 Å². The van der Waals surface area contributed by atoms with Gasteiger partial charge in [-0.3, -0.25) is 10.1 Å². The van der Waals surface area contributed by atoms with Crippen molar-refractivity contribution in [3.63, 3.8) is 0 Å². The summed E-state index contributed by atoms with van der Waals surface area (Å²) in [5, 5.41) is 10.1. The number of carbonyl (C=O) groups excluding carboxylic acids is 2. The lowest BCUT2D eigenvalue weighted by Gasteiger charge is -2.21. The van der Waals surface area contributed by atoms with Gasteiger partial charge in [0.1, 0.15) is 0 Å². The third-order valence-electron chi connectivity index (χ3n) is 1.60. The monoisotopic (exact) mass is 276 g/mol. The lowest BCUT2D eigenvalue weighted by Crippen LogP contribution is -2.52. The molecule has 0 rings (SSSR count). The summed E-state index contributed by atoms with van der Waals surface area (Å²) in [7, 11) is 1.22. The number of hydrogen-bond acceptors (Lipinski definition) is 5. The summed E-state index contributed by atoms with van der Waals surface area (Å²) >= 11 is 1.16. The highest BCUT2D eigenvalue weighted by Crippen LogP contribution is 2.06. The van der Waals surface area contributed by atoms with Crippen molar-refractivity contribution < 1.29 is 14.3 Å². The first-order chi connectivity index (χ1) is 8.29. The van der Waals surface area contributed by atoms with E-state index in [4.69, 9.17) is 5.41 Å². The number of amides is 4. The zero-order chi connectivity index (χ0) is 14.3. The molecule has 18 heavy (non-hydrogen) atoms. The molecular formula is C10H20N4O3S. The van der Waals surface area contributed by atoms with Crippen molar-refractivity contribution in [1.29, 1.82) is 5.41 Å². The molecular weight excluding hydrogens is 256 g/mol. The van der Waals surface area contributed by atoms with Crippen LogP contribution in [0.3, 0.4) is 0 Å². The summed E-state index contributed by atoms with van der Waals surface area (Å²) in [6, 6.07) is -2.08. The molecule has 3 N–H and O–H groups in total. The van der Waals surface area contributed by atoms with E-state index in [9.17, 15) is 9.59 Å². The SMILES string of the molecule is COC(=N)N(C(=O)NSC(C)C)C(=O)NC(C)C. The van der Waals surface area contributed by atoms with Crippen LogP contribution in [0.4, 0.5) is 9.59 Å². The molecule has 0 heterocycles. The first-order valence-corrected chi connectivity index (χ1v) is 6.36. The van der Waals surface area contributed by atoms with Crippen molar-refractivity contribution in [3.8, 4) is 0 Å². The molecule has 0 aliphatic carbocycles. The van der Waals surface area contributed by atoms with Crippen molar-refractivity contribution in [2.75, 3.05) is 7.11 Å². The number of imide groups is 1. The minimum atomic E-state index is -0.710. The van der Waals surface area contributed by atoms with E-state index in [0.29, 0.717) is 4.90 Å². The summed E-state index contributed by atoms with van der Waals surface area (Å²) in [5.74, 6) is 0. The fourth-order valence-electron chi connectivity index (χ4n) is 0.893. The fourth-order valence-corrected chi connectivity index (χ4v) is 1.32. The Labute approximate surface area is 111 Å². The van der Waals surface area contributed by atoms with Gasteiger partial charge in [0.2, 0.25) is 0 Å². The predicted octanol–water partition coefficient (Wildman–Crippen LogP) is 1.75. The Morgan fingerprint density at radius 2 is 1.78 bits per heavy atom. The van der Waals surface area contributed by atoms with E-state index >= 15 is 0 Å². The van der Waals surface area contributed by atoms with Gasteiger partial charge in [0.05, 0.1) is 7.11 Å². The molecule has 7 nitrogen and oxygen atoms in total. The molecule has 8 heteroatoms. The molecule has 0 unspecified atom stereocenters. The Morgan fingerprint density at radius 3 is 2.17 bits per heavy atom. The van der Waals surface area contributed by atoms with Crippen LogP contribution in [0.1, 0.15) is 27.7 Å². The Kier molecular flexibility index (Phi) is 7.18. The first kappa shape index (κ1) is 16.6. The molecule has 0 aromatic rings. The smallest absolute Gasteiger partial charge is 0.343 e. The number of nitrogens with one attached hydrogen (secondary N) is 3. The van der Waals surface area contributed by atoms with Crippen LogP contribution in [0, 0.1) is 5.41 Å². The number of methoxy groups -OCH3 is 1. The van der Waals surface area contributed by atoms with Crippen molar-refractivity contribution in [3.05, 3.63) is 0 Å². The number of carbonyl (C=O) groups is 2. The predicted molar refractivity (Wildman–Crippen MR) is 71.5 cm³/mol. The van der Waals surface area contributed by atoms with Gasteiger partial charge in [-0.1, -0.05) is 13.8 Å². The van der Waals surface area contributed by atoms with Gasteiger partial charge in [-0.15, -0.1) is 0 Å². The van der Waals surface area contributed by atoms with E-state index < -0.39 is 18.1 Å². The molecule has 0 aliphatic rings. The van der Waals surface area contributed by atoms with Crippen LogP contribution >= 0.6 is 11.9 Å². The molecule has 0 aromatic carbocycles. The van der Waals surface area contributed by atoms with Crippen molar-refractivity contribution >= 4 is 30.0 Å². The number of urea groups is 2. The van der Waals surface area contributed by atoms with E-state index in [0.717, 1.165) is 11.9 Å². The van der Waals surface area contributed by atoms with Gasteiger partial charge in [-0.25, -0.2) is 9.59 Å². The van der Waals surface area contributed by atoms with Gasteiger partial charge < -0.3 is 10.1 Å². The highest BCUT2D eigenvalue weighted by molar-refractivity contribution is 7.98. The summed E-state index contributed by atoms with van der Waals surface area (Å²) in [6.07, 6.45) is 0. The molecule has 0 bridgehead atoms. The number of amidine groups is 1. The second-order valence-electron chi connectivity index (χ2n) is 4.02. The van der Waals surface area contributed by atoms with Gasteiger partial charge in [0.25, 0.3) is 0 Å². The number of hydrogen-bond donors (Lipinski definition) is 3. The number of rotatable bonds is 3. The van der Waals surface area contributed by atoms with Crippen molar-refractivity contribution in [2.24, 2.45) is 0 Å². The van der Waals surface area contributed by atoms with Gasteiger partial charge in [-0.2, -0.15) is 4.90 Å². The first-order valence-electron chi connectivity index (χ1n) is 5.48. The Hall–Kier alpha value is -1.44. The van der Waals surface area contributed by atoms with Crippen LogP contribution in [-0.2, 0) is 4.74 Å². The Balaban J connectivity index is 4.72. The van der Waals surface area contributed by atoms with Crippen LogP contribution in [0.5, 0.6) is 0 Å². The zero-order valence-electron chi connectivity index (χ0n) is 11.2. The molecule has 0 spiro atoms. The standard InChI is InChI=1S/C10H20N4O3S/c1-6(2)12-9(15)14(8(11)17-5)10(16)13-18-7(3)4/h6-7,11H,1-5H3,(H,12,15)(H,13,16). The number of ether oxygens (including phenoxy) is 1. The minimum absolute atomic E-state index is 0.143. The molecule has 0 saturated heterocycles. The van der Waals surface area contributed by atoms with Crippen molar-refractivity contribution in [2.45, 2.75) is 39.0 Å². The van der Waals surface area contributed by atoms with Gasteiger partial charge >= 0.3 is 18.1 Å². The maximum Gasteiger partial charge on any atom is 0.343 e. The molecule has 0 fully saturated rings. The fraction of sp³-hybridized carbons (Fsp3) is 0.700. The van der Waals surface area contributed by atoms with Crippen LogP contribution in [0.2, 0.25) is 0 Å². The average molecular weight is 276 g/mol. The van der Waals surface area contributed by atoms with Crippen LogP contribution < -0.4 is 10.0 Å². The summed E-state index contributed by atoms with van der Waals surface area (Å²) in [4.78, 5) is 24.2. The van der Waals surface area contributed by atoms with Crippen LogP contribution in [0.15, 0.2) is 0 Å². The van der Waals surface area contributed by atoms with E-state index in [-0.39, 0.29) is 11.3 Å². The molecule has 4 amide bonds. The third-order valence-corrected chi connectivity index (χ3v) is 2.36. The zero-order valence-corrected chi connectivity index (χ0v) is 12.1. The van der Waals surface area contributed by atoms with Crippen molar-refractivity contribution in [1.82, 2.24) is 14.9 Å². The third kappa shape index (κ3) is 5.76.